The third kappa shape index (κ3) is 3.11. The van der Waals surface area contributed by atoms with E-state index in [1.54, 1.807) is 4.90 Å². The highest BCUT2D eigenvalue weighted by molar-refractivity contribution is 6.40. The van der Waals surface area contributed by atoms with Gasteiger partial charge in [0, 0.05) is 24.2 Å². The van der Waals surface area contributed by atoms with Crippen LogP contribution in [0.5, 0.6) is 0 Å². The van der Waals surface area contributed by atoms with Crippen molar-refractivity contribution in [3.63, 3.8) is 0 Å². The van der Waals surface area contributed by atoms with E-state index in [9.17, 15) is 9.59 Å². The second kappa shape index (κ2) is 6.60. The molecular weight excluding hydrogens is 276 g/mol. The van der Waals surface area contributed by atoms with Gasteiger partial charge in [-0.1, -0.05) is 49.2 Å². The Balaban J connectivity index is 1.76. The molecule has 4 heteroatoms. The molecule has 2 amide bonds. The third-order valence-corrected chi connectivity index (χ3v) is 4.13. The Morgan fingerprint density at radius 2 is 1.55 bits per heavy atom. The summed E-state index contributed by atoms with van der Waals surface area (Å²) < 4.78 is 0. The van der Waals surface area contributed by atoms with Crippen molar-refractivity contribution < 1.29 is 9.59 Å². The first kappa shape index (κ1) is 14.6. The highest BCUT2D eigenvalue weighted by Crippen LogP contribution is 2.23. The summed E-state index contributed by atoms with van der Waals surface area (Å²) in [5.74, 6) is -0.965. The Morgan fingerprint density at radius 3 is 2.32 bits per heavy atom. The van der Waals surface area contributed by atoms with Crippen LogP contribution in [0, 0.1) is 0 Å². The van der Waals surface area contributed by atoms with Crippen molar-refractivity contribution in [3.8, 4) is 0 Å². The number of carbonyl (C=O) groups is 2. The van der Waals surface area contributed by atoms with E-state index in [0.29, 0.717) is 18.8 Å². The predicted octanol–water partition coefficient (Wildman–Crippen LogP) is 3.18. The van der Waals surface area contributed by atoms with E-state index in [4.69, 9.17) is 0 Å². The standard InChI is InChI=1S/C18H20N2O2/c21-17(18(22)20-12-5-1-2-6-13-20)19-16-11-7-9-14-8-3-4-10-15(14)16/h3-4,7-11H,1-2,5-6,12-13H2,(H,19,21). The van der Waals surface area contributed by atoms with Crippen LogP contribution in [0.3, 0.4) is 0 Å². The van der Waals surface area contributed by atoms with Gasteiger partial charge in [-0.25, -0.2) is 0 Å². The zero-order chi connectivity index (χ0) is 15.4. The first-order chi connectivity index (χ1) is 10.8. The molecular formula is C18H20N2O2. The van der Waals surface area contributed by atoms with Crippen LogP contribution >= 0.6 is 0 Å². The van der Waals surface area contributed by atoms with Gasteiger partial charge in [0.15, 0.2) is 0 Å². The van der Waals surface area contributed by atoms with Gasteiger partial charge in [-0.2, -0.15) is 0 Å². The second-order valence-electron chi connectivity index (χ2n) is 5.69. The molecule has 0 unspecified atom stereocenters. The van der Waals surface area contributed by atoms with Crippen molar-refractivity contribution in [2.24, 2.45) is 0 Å². The van der Waals surface area contributed by atoms with Crippen LogP contribution in [0.2, 0.25) is 0 Å². The summed E-state index contributed by atoms with van der Waals surface area (Å²) in [4.78, 5) is 26.2. The molecule has 0 aromatic heterocycles. The molecule has 2 aromatic rings. The van der Waals surface area contributed by atoms with Crippen LogP contribution in [0.15, 0.2) is 42.5 Å². The van der Waals surface area contributed by atoms with Gasteiger partial charge in [-0.3, -0.25) is 9.59 Å². The van der Waals surface area contributed by atoms with Crippen molar-refractivity contribution in [3.05, 3.63) is 42.5 Å². The van der Waals surface area contributed by atoms with Gasteiger partial charge in [-0.15, -0.1) is 0 Å². The maximum Gasteiger partial charge on any atom is 0.313 e. The van der Waals surface area contributed by atoms with Crippen LogP contribution in [-0.4, -0.2) is 29.8 Å². The number of anilines is 1. The largest absolute Gasteiger partial charge is 0.334 e. The Bertz CT molecular complexity index is 683. The average molecular weight is 296 g/mol. The lowest BCUT2D eigenvalue weighted by Crippen LogP contribution is -2.40. The molecule has 0 atom stereocenters. The first-order valence-corrected chi connectivity index (χ1v) is 7.84. The second-order valence-corrected chi connectivity index (χ2v) is 5.69. The highest BCUT2D eigenvalue weighted by atomic mass is 16.2. The summed E-state index contributed by atoms with van der Waals surface area (Å²) in [5.41, 5.74) is 0.686. The Morgan fingerprint density at radius 1 is 0.864 bits per heavy atom. The normalized spacial score (nSPS) is 15.4. The number of hydrogen-bond acceptors (Lipinski definition) is 2. The Kier molecular flexibility index (Phi) is 4.37. The van der Waals surface area contributed by atoms with E-state index in [2.05, 4.69) is 5.32 Å². The molecule has 2 aromatic carbocycles. The molecule has 1 N–H and O–H groups in total. The monoisotopic (exact) mass is 296 g/mol. The molecule has 114 valence electrons. The zero-order valence-corrected chi connectivity index (χ0v) is 12.5. The molecule has 0 saturated carbocycles. The SMILES string of the molecule is O=C(Nc1cccc2ccccc12)C(=O)N1CCCCCC1. The molecule has 0 bridgehead atoms. The minimum absolute atomic E-state index is 0.421. The fourth-order valence-electron chi connectivity index (χ4n) is 2.93. The summed E-state index contributed by atoms with van der Waals surface area (Å²) in [5, 5.41) is 4.76. The summed E-state index contributed by atoms with van der Waals surface area (Å²) in [6.45, 7) is 1.36. The number of rotatable bonds is 1. The molecule has 4 nitrogen and oxygen atoms in total. The maximum atomic E-state index is 12.3. The smallest absolute Gasteiger partial charge is 0.313 e. The average Bonchev–Trinajstić information content (AvgIpc) is 2.83. The Labute approximate surface area is 130 Å². The molecule has 22 heavy (non-hydrogen) atoms. The number of fused-ring (bicyclic) bond motifs is 1. The van der Waals surface area contributed by atoms with E-state index in [0.717, 1.165) is 36.5 Å². The van der Waals surface area contributed by atoms with Gasteiger partial charge in [-0.05, 0) is 24.3 Å². The number of nitrogens with zero attached hydrogens (tertiary/aromatic N) is 1. The summed E-state index contributed by atoms with van der Waals surface area (Å²) in [6.07, 6.45) is 4.23. The molecule has 1 heterocycles. The van der Waals surface area contributed by atoms with Gasteiger partial charge >= 0.3 is 11.8 Å². The molecule has 1 saturated heterocycles. The lowest BCUT2D eigenvalue weighted by molar-refractivity contribution is -0.143. The van der Waals surface area contributed by atoms with Gasteiger partial charge in [0.25, 0.3) is 0 Å². The fraction of sp³-hybridized carbons (Fsp3) is 0.333. The molecule has 0 spiro atoms. The van der Waals surface area contributed by atoms with E-state index >= 15 is 0 Å². The quantitative estimate of drug-likeness (QED) is 0.822. The Hall–Kier alpha value is -2.36. The number of amides is 2. The lowest BCUT2D eigenvalue weighted by Gasteiger charge is -2.19. The van der Waals surface area contributed by atoms with Gasteiger partial charge < -0.3 is 10.2 Å². The molecule has 1 fully saturated rings. The minimum Gasteiger partial charge on any atom is -0.334 e. The van der Waals surface area contributed by atoms with Crippen molar-refractivity contribution in [2.45, 2.75) is 25.7 Å². The van der Waals surface area contributed by atoms with Crippen LogP contribution in [0.1, 0.15) is 25.7 Å². The first-order valence-electron chi connectivity index (χ1n) is 7.84. The van der Waals surface area contributed by atoms with Crippen molar-refractivity contribution >= 4 is 28.3 Å². The third-order valence-electron chi connectivity index (χ3n) is 4.13. The topological polar surface area (TPSA) is 49.4 Å². The van der Waals surface area contributed by atoms with E-state index < -0.39 is 11.8 Å². The predicted molar refractivity (Wildman–Crippen MR) is 87.6 cm³/mol. The van der Waals surface area contributed by atoms with E-state index in [-0.39, 0.29) is 0 Å². The number of nitrogens with one attached hydrogen (secondary N) is 1. The van der Waals surface area contributed by atoms with Crippen molar-refractivity contribution in [1.82, 2.24) is 4.90 Å². The summed E-state index contributed by atoms with van der Waals surface area (Å²) in [6, 6.07) is 13.5. The molecule has 3 rings (SSSR count). The van der Waals surface area contributed by atoms with Crippen LogP contribution in [0.25, 0.3) is 10.8 Å². The molecule has 1 aliphatic rings. The van der Waals surface area contributed by atoms with Gasteiger partial charge in [0.1, 0.15) is 0 Å². The zero-order valence-electron chi connectivity index (χ0n) is 12.5. The van der Waals surface area contributed by atoms with Crippen molar-refractivity contribution in [2.75, 3.05) is 18.4 Å². The number of hydrogen-bond donors (Lipinski definition) is 1. The number of likely N-dealkylation sites (tertiary alicyclic amines) is 1. The molecule has 0 radical (unpaired) electrons. The number of benzene rings is 2. The minimum atomic E-state index is -0.543. The van der Waals surface area contributed by atoms with Crippen LogP contribution in [-0.2, 0) is 9.59 Å². The maximum absolute atomic E-state index is 12.3. The summed E-state index contributed by atoms with van der Waals surface area (Å²) in [7, 11) is 0. The van der Waals surface area contributed by atoms with Gasteiger partial charge in [0.05, 0.1) is 0 Å². The highest BCUT2D eigenvalue weighted by Gasteiger charge is 2.22. The van der Waals surface area contributed by atoms with Gasteiger partial charge in [0.2, 0.25) is 0 Å². The molecule has 1 aliphatic heterocycles. The molecule has 0 aliphatic carbocycles. The van der Waals surface area contributed by atoms with Crippen LogP contribution < -0.4 is 5.32 Å². The van der Waals surface area contributed by atoms with E-state index in [1.165, 1.54) is 0 Å². The fourth-order valence-corrected chi connectivity index (χ4v) is 2.93. The van der Waals surface area contributed by atoms with Crippen molar-refractivity contribution in [1.29, 1.82) is 0 Å². The van der Waals surface area contributed by atoms with E-state index in [1.807, 2.05) is 42.5 Å². The summed E-state index contributed by atoms with van der Waals surface area (Å²) >= 11 is 0. The van der Waals surface area contributed by atoms with Crippen LogP contribution in [0.4, 0.5) is 5.69 Å². The lowest BCUT2D eigenvalue weighted by atomic mass is 10.1. The number of carbonyl (C=O) groups excluding carboxylic acids is 2.